The Labute approximate surface area is 164 Å². The molecule has 136 valence electrons. The number of hydrogen-bond acceptors (Lipinski definition) is 3. The maximum atomic E-state index is 12.1. The first-order valence-corrected chi connectivity index (χ1v) is 8.51. The summed E-state index contributed by atoms with van der Waals surface area (Å²) < 4.78 is 1.75. The molecule has 0 saturated carbocycles. The van der Waals surface area contributed by atoms with Crippen molar-refractivity contribution in [2.24, 2.45) is 5.10 Å². The second-order valence-corrected chi connectivity index (χ2v) is 6.30. The Hall–Kier alpha value is -3.09. The summed E-state index contributed by atoms with van der Waals surface area (Å²) in [6.07, 6.45) is 3.23. The molecule has 0 atom stereocenters. The van der Waals surface area contributed by atoms with E-state index in [1.165, 1.54) is 24.4 Å². The lowest BCUT2D eigenvalue weighted by atomic mass is 10.2. The highest BCUT2D eigenvalue weighted by molar-refractivity contribution is 6.42. The van der Waals surface area contributed by atoms with Gasteiger partial charge in [-0.3, -0.25) is 4.79 Å². The Morgan fingerprint density at radius 2 is 1.81 bits per heavy atom. The minimum absolute atomic E-state index is 0.178. The van der Waals surface area contributed by atoms with Gasteiger partial charge in [-0.1, -0.05) is 29.3 Å². The third kappa shape index (κ3) is 4.36. The van der Waals surface area contributed by atoms with E-state index in [0.717, 1.165) is 0 Å². The fourth-order valence-corrected chi connectivity index (χ4v) is 2.68. The number of aromatic carboxylic acids is 1. The predicted molar refractivity (Wildman–Crippen MR) is 104 cm³/mol. The topological polar surface area (TPSA) is 83.7 Å². The minimum Gasteiger partial charge on any atom is -0.478 e. The largest absolute Gasteiger partial charge is 0.478 e. The molecule has 3 aromatic rings. The van der Waals surface area contributed by atoms with Crippen molar-refractivity contribution in [1.82, 2.24) is 9.99 Å². The molecule has 0 fully saturated rings. The van der Waals surface area contributed by atoms with Crippen LogP contribution in [0.15, 0.2) is 65.9 Å². The number of carbonyl (C=O) groups is 2. The lowest BCUT2D eigenvalue weighted by molar-refractivity contribution is 0.0696. The average Bonchev–Trinajstić information content (AvgIpc) is 3.12. The summed E-state index contributed by atoms with van der Waals surface area (Å²) in [6.45, 7) is 0. The molecule has 0 aliphatic heterocycles. The lowest BCUT2D eigenvalue weighted by Crippen LogP contribution is -2.17. The van der Waals surface area contributed by atoms with E-state index in [0.29, 0.717) is 22.0 Å². The van der Waals surface area contributed by atoms with E-state index in [1.54, 1.807) is 47.2 Å². The second kappa shape index (κ2) is 8.07. The molecule has 1 amide bonds. The van der Waals surface area contributed by atoms with Crippen LogP contribution in [-0.2, 0) is 0 Å². The van der Waals surface area contributed by atoms with E-state index in [-0.39, 0.29) is 10.6 Å². The van der Waals surface area contributed by atoms with Gasteiger partial charge in [0.05, 0.1) is 27.5 Å². The van der Waals surface area contributed by atoms with Crippen molar-refractivity contribution in [3.8, 4) is 5.69 Å². The number of halogens is 2. The molecule has 1 heterocycles. The van der Waals surface area contributed by atoms with Crippen LogP contribution < -0.4 is 5.43 Å². The van der Waals surface area contributed by atoms with Gasteiger partial charge in [0.1, 0.15) is 0 Å². The summed E-state index contributed by atoms with van der Waals surface area (Å²) in [5.74, 6) is -1.44. The van der Waals surface area contributed by atoms with E-state index >= 15 is 0 Å². The minimum atomic E-state index is -1.01. The molecule has 8 heteroatoms. The van der Waals surface area contributed by atoms with Crippen LogP contribution >= 0.6 is 23.2 Å². The highest BCUT2D eigenvalue weighted by Crippen LogP contribution is 2.22. The lowest BCUT2D eigenvalue weighted by Gasteiger charge is -2.07. The van der Waals surface area contributed by atoms with Gasteiger partial charge < -0.3 is 9.67 Å². The number of hydrazone groups is 1. The van der Waals surface area contributed by atoms with Crippen molar-refractivity contribution >= 4 is 41.3 Å². The molecular weight excluding hydrogens is 389 g/mol. The number of carboxylic acids is 1. The number of aromatic nitrogens is 1. The number of rotatable bonds is 5. The standard InChI is InChI=1S/C19H13Cl2N3O3/c20-16-7-6-12(10-17(16)21)18(25)23-22-11-15-5-2-8-24(15)14-4-1-3-13(9-14)19(26)27/h1-11H,(H,23,25)(H,26,27)/b22-11-. The third-order valence-corrected chi connectivity index (χ3v) is 4.44. The monoisotopic (exact) mass is 401 g/mol. The molecule has 0 bridgehead atoms. The average molecular weight is 402 g/mol. The number of nitrogens with one attached hydrogen (secondary N) is 1. The van der Waals surface area contributed by atoms with Crippen LogP contribution in [0.5, 0.6) is 0 Å². The smallest absolute Gasteiger partial charge is 0.335 e. The summed E-state index contributed by atoms with van der Waals surface area (Å²) in [6, 6.07) is 14.6. The van der Waals surface area contributed by atoms with Gasteiger partial charge in [-0.25, -0.2) is 10.2 Å². The zero-order valence-electron chi connectivity index (χ0n) is 13.8. The van der Waals surface area contributed by atoms with Crippen molar-refractivity contribution in [1.29, 1.82) is 0 Å². The van der Waals surface area contributed by atoms with Crippen molar-refractivity contribution in [3.05, 3.63) is 87.7 Å². The molecule has 6 nitrogen and oxygen atoms in total. The Balaban J connectivity index is 1.76. The van der Waals surface area contributed by atoms with Gasteiger partial charge in [0, 0.05) is 17.4 Å². The Morgan fingerprint density at radius 3 is 2.56 bits per heavy atom. The Kier molecular flexibility index (Phi) is 5.59. The van der Waals surface area contributed by atoms with E-state index in [4.69, 9.17) is 28.3 Å². The fourth-order valence-electron chi connectivity index (χ4n) is 2.38. The maximum absolute atomic E-state index is 12.1. The second-order valence-electron chi connectivity index (χ2n) is 5.49. The number of amides is 1. The molecule has 0 aliphatic carbocycles. The first kappa shape index (κ1) is 18.7. The first-order chi connectivity index (χ1) is 13.0. The molecule has 0 unspecified atom stereocenters. The van der Waals surface area contributed by atoms with Crippen LogP contribution in [0.2, 0.25) is 10.0 Å². The van der Waals surface area contributed by atoms with Crippen LogP contribution in [0.1, 0.15) is 26.4 Å². The number of nitrogens with zero attached hydrogens (tertiary/aromatic N) is 2. The number of hydrogen-bond donors (Lipinski definition) is 2. The van der Waals surface area contributed by atoms with Crippen LogP contribution in [0.4, 0.5) is 0 Å². The molecule has 2 N–H and O–H groups in total. The van der Waals surface area contributed by atoms with Gasteiger partial charge >= 0.3 is 5.97 Å². The quantitative estimate of drug-likeness (QED) is 0.495. The molecule has 2 aromatic carbocycles. The van der Waals surface area contributed by atoms with Crippen LogP contribution in [-0.4, -0.2) is 27.8 Å². The van der Waals surface area contributed by atoms with Crippen LogP contribution in [0.25, 0.3) is 5.69 Å². The zero-order chi connectivity index (χ0) is 19.4. The van der Waals surface area contributed by atoms with Crippen molar-refractivity contribution in [2.75, 3.05) is 0 Å². The number of carboxylic acid groups (broad SMARTS) is 1. The predicted octanol–water partition coefficient (Wildman–Crippen LogP) is 4.25. The third-order valence-electron chi connectivity index (χ3n) is 3.70. The molecule has 1 aromatic heterocycles. The first-order valence-electron chi connectivity index (χ1n) is 7.75. The van der Waals surface area contributed by atoms with E-state index in [2.05, 4.69) is 10.5 Å². The van der Waals surface area contributed by atoms with E-state index < -0.39 is 11.9 Å². The van der Waals surface area contributed by atoms with Gasteiger partial charge in [-0.05, 0) is 48.5 Å². The Bertz CT molecular complexity index is 1040. The summed E-state index contributed by atoms with van der Waals surface area (Å²) >= 11 is 11.7. The van der Waals surface area contributed by atoms with Crippen molar-refractivity contribution in [3.63, 3.8) is 0 Å². The summed E-state index contributed by atoms with van der Waals surface area (Å²) in [7, 11) is 0. The van der Waals surface area contributed by atoms with Gasteiger partial charge in [0.15, 0.2) is 0 Å². The molecule has 0 aliphatic rings. The molecule has 0 spiro atoms. The normalized spacial score (nSPS) is 10.9. The SMILES string of the molecule is O=C(O)c1cccc(-n2cccc2/C=N\NC(=O)c2ccc(Cl)c(Cl)c2)c1. The molecular formula is C19H13Cl2N3O3. The van der Waals surface area contributed by atoms with Crippen LogP contribution in [0, 0.1) is 0 Å². The fraction of sp³-hybridized carbons (Fsp3) is 0. The van der Waals surface area contributed by atoms with Gasteiger partial charge in [0.2, 0.25) is 0 Å². The van der Waals surface area contributed by atoms with E-state index in [9.17, 15) is 9.59 Å². The van der Waals surface area contributed by atoms with Gasteiger partial charge in [0.25, 0.3) is 5.91 Å². The number of benzene rings is 2. The van der Waals surface area contributed by atoms with Crippen molar-refractivity contribution in [2.45, 2.75) is 0 Å². The van der Waals surface area contributed by atoms with E-state index in [1.807, 2.05) is 0 Å². The van der Waals surface area contributed by atoms with Gasteiger partial charge in [-0.15, -0.1) is 0 Å². The summed E-state index contributed by atoms with van der Waals surface area (Å²) in [4.78, 5) is 23.2. The van der Waals surface area contributed by atoms with Crippen molar-refractivity contribution < 1.29 is 14.7 Å². The number of carbonyl (C=O) groups excluding carboxylic acids is 1. The van der Waals surface area contributed by atoms with Gasteiger partial charge in [-0.2, -0.15) is 5.10 Å². The molecule has 0 saturated heterocycles. The highest BCUT2D eigenvalue weighted by atomic mass is 35.5. The highest BCUT2D eigenvalue weighted by Gasteiger charge is 2.08. The molecule has 3 rings (SSSR count). The summed E-state index contributed by atoms with van der Waals surface area (Å²) in [5.41, 5.74) is 4.24. The maximum Gasteiger partial charge on any atom is 0.335 e. The molecule has 0 radical (unpaired) electrons. The zero-order valence-corrected chi connectivity index (χ0v) is 15.3. The van der Waals surface area contributed by atoms with Crippen LogP contribution in [0.3, 0.4) is 0 Å². The summed E-state index contributed by atoms with van der Waals surface area (Å²) in [5, 5.41) is 13.7. The Morgan fingerprint density at radius 1 is 1.00 bits per heavy atom. The molecule has 27 heavy (non-hydrogen) atoms.